The molecule has 1 atom stereocenters. The van der Waals surface area contributed by atoms with Gasteiger partial charge in [-0.15, -0.1) is 6.58 Å². The van der Waals surface area contributed by atoms with Crippen molar-refractivity contribution < 1.29 is 4.74 Å². The van der Waals surface area contributed by atoms with Crippen molar-refractivity contribution in [3.8, 4) is 5.75 Å². The average Bonchev–Trinajstić information content (AvgIpc) is 2.29. The third kappa shape index (κ3) is 3.89. The molecule has 0 aliphatic rings. The van der Waals surface area contributed by atoms with Gasteiger partial charge in [0.1, 0.15) is 5.75 Å². The lowest BCUT2D eigenvalue weighted by molar-refractivity contribution is 0.415. The summed E-state index contributed by atoms with van der Waals surface area (Å²) in [7, 11) is 1.67. The summed E-state index contributed by atoms with van der Waals surface area (Å²) in [5.41, 5.74) is 1.07. The quantitative estimate of drug-likeness (QED) is 0.789. The first-order valence-electron chi connectivity index (χ1n) is 5.38. The van der Waals surface area contributed by atoms with Gasteiger partial charge in [-0.25, -0.2) is 0 Å². The second kappa shape index (κ2) is 6.59. The molecule has 0 fully saturated rings. The molecular weight excluding hydrogens is 266 g/mol. The molecule has 2 nitrogen and oxygen atoms in total. The van der Waals surface area contributed by atoms with Crippen LogP contribution >= 0.6 is 15.9 Å². The molecule has 16 heavy (non-hydrogen) atoms. The van der Waals surface area contributed by atoms with Gasteiger partial charge < -0.3 is 10.1 Å². The maximum atomic E-state index is 5.20. The molecule has 0 aromatic heterocycles. The molecule has 0 spiro atoms. The van der Waals surface area contributed by atoms with Crippen LogP contribution in [0.2, 0.25) is 0 Å². The van der Waals surface area contributed by atoms with Crippen LogP contribution in [0.3, 0.4) is 0 Å². The number of allylic oxidation sites excluding steroid dienone is 1. The maximum Gasteiger partial charge on any atom is 0.121 e. The summed E-state index contributed by atoms with van der Waals surface area (Å²) in [4.78, 5) is 0. The zero-order valence-electron chi connectivity index (χ0n) is 9.79. The molecular formula is C13H18BrNO. The van der Waals surface area contributed by atoms with E-state index in [-0.39, 0.29) is 0 Å². The fraction of sp³-hybridized carbons (Fsp3) is 0.385. The topological polar surface area (TPSA) is 21.3 Å². The molecule has 88 valence electrons. The van der Waals surface area contributed by atoms with Gasteiger partial charge in [0, 0.05) is 16.6 Å². The lowest BCUT2D eigenvalue weighted by Gasteiger charge is -2.16. The number of ether oxygens (including phenoxy) is 1. The molecule has 3 heteroatoms. The maximum absolute atomic E-state index is 5.20. The van der Waals surface area contributed by atoms with Crippen LogP contribution in [-0.4, -0.2) is 13.2 Å². The molecule has 0 amide bonds. The molecule has 1 rings (SSSR count). The summed E-state index contributed by atoms with van der Waals surface area (Å²) >= 11 is 3.52. The fourth-order valence-electron chi connectivity index (χ4n) is 1.45. The Morgan fingerprint density at radius 2 is 2.31 bits per heavy atom. The smallest absolute Gasteiger partial charge is 0.121 e. The van der Waals surface area contributed by atoms with Crippen LogP contribution in [0.25, 0.3) is 0 Å². The average molecular weight is 284 g/mol. The Morgan fingerprint density at radius 3 is 2.94 bits per heavy atom. The van der Waals surface area contributed by atoms with E-state index in [2.05, 4.69) is 34.7 Å². The van der Waals surface area contributed by atoms with Gasteiger partial charge in [0.2, 0.25) is 0 Å². The lowest BCUT2D eigenvalue weighted by atomic mass is 10.1. The van der Waals surface area contributed by atoms with Crippen LogP contribution in [-0.2, 0) is 0 Å². The van der Waals surface area contributed by atoms with Crippen molar-refractivity contribution in [2.24, 2.45) is 0 Å². The molecule has 0 saturated heterocycles. The highest BCUT2D eigenvalue weighted by Gasteiger charge is 2.05. The van der Waals surface area contributed by atoms with E-state index < -0.39 is 0 Å². The SMILES string of the molecule is C=CCCC(C)Nc1cc(OC)ccc1Br. The van der Waals surface area contributed by atoms with Crippen LogP contribution in [0.15, 0.2) is 35.3 Å². The standard InChI is InChI=1S/C13H18BrNO/c1-4-5-6-10(2)15-13-9-11(16-3)7-8-12(13)14/h4,7-10,15H,1,5-6H2,2-3H3. The normalized spacial score (nSPS) is 11.9. The Morgan fingerprint density at radius 1 is 1.56 bits per heavy atom. The van der Waals surface area contributed by atoms with E-state index in [0.29, 0.717) is 6.04 Å². The summed E-state index contributed by atoms with van der Waals surface area (Å²) in [6.07, 6.45) is 4.04. The zero-order valence-corrected chi connectivity index (χ0v) is 11.4. The molecule has 0 radical (unpaired) electrons. The van der Waals surface area contributed by atoms with Gasteiger partial charge in [0.15, 0.2) is 0 Å². The van der Waals surface area contributed by atoms with Crippen LogP contribution in [0.1, 0.15) is 19.8 Å². The summed E-state index contributed by atoms with van der Waals surface area (Å²) in [6, 6.07) is 6.33. The van der Waals surface area contributed by atoms with E-state index in [1.165, 1.54) is 0 Å². The molecule has 1 aromatic rings. The summed E-state index contributed by atoms with van der Waals surface area (Å²) in [5.74, 6) is 0.863. The van der Waals surface area contributed by atoms with E-state index in [1.54, 1.807) is 7.11 Å². The summed E-state index contributed by atoms with van der Waals surface area (Å²) in [5, 5.41) is 3.45. The first kappa shape index (κ1) is 13.1. The fourth-order valence-corrected chi connectivity index (χ4v) is 1.81. The summed E-state index contributed by atoms with van der Waals surface area (Å²) in [6.45, 7) is 5.89. The van der Waals surface area contributed by atoms with Gasteiger partial charge in [-0.3, -0.25) is 0 Å². The van der Waals surface area contributed by atoms with Crippen molar-refractivity contribution in [3.05, 3.63) is 35.3 Å². The Bertz CT molecular complexity index is 352. The third-order valence-corrected chi connectivity index (χ3v) is 3.07. The third-order valence-electron chi connectivity index (χ3n) is 2.38. The van der Waals surface area contributed by atoms with E-state index >= 15 is 0 Å². The van der Waals surface area contributed by atoms with Crippen molar-refractivity contribution in [2.45, 2.75) is 25.8 Å². The molecule has 0 aliphatic heterocycles. The van der Waals surface area contributed by atoms with Crippen LogP contribution in [0.5, 0.6) is 5.75 Å². The molecule has 0 heterocycles. The van der Waals surface area contributed by atoms with Crippen LogP contribution < -0.4 is 10.1 Å². The van der Waals surface area contributed by atoms with Gasteiger partial charge in [-0.2, -0.15) is 0 Å². The number of methoxy groups -OCH3 is 1. The monoisotopic (exact) mass is 283 g/mol. The van der Waals surface area contributed by atoms with Crippen molar-refractivity contribution in [3.63, 3.8) is 0 Å². The van der Waals surface area contributed by atoms with Crippen molar-refractivity contribution >= 4 is 21.6 Å². The minimum atomic E-state index is 0.418. The molecule has 1 N–H and O–H groups in total. The van der Waals surface area contributed by atoms with Crippen molar-refractivity contribution in [1.82, 2.24) is 0 Å². The van der Waals surface area contributed by atoms with Crippen LogP contribution in [0.4, 0.5) is 5.69 Å². The molecule has 0 bridgehead atoms. The Labute approximate surface area is 106 Å². The highest BCUT2D eigenvalue weighted by Crippen LogP contribution is 2.28. The molecule has 1 unspecified atom stereocenters. The Kier molecular flexibility index (Phi) is 5.39. The number of halogens is 1. The Hall–Kier alpha value is -0.960. The second-order valence-electron chi connectivity index (χ2n) is 3.76. The first-order chi connectivity index (χ1) is 7.67. The second-order valence-corrected chi connectivity index (χ2v) is 4.61. The minimum Gasteiger partial charge on any atom is -0.497 e. The molecule has 0 aliphatic carbocycles. The number of hydrogen-bond acceptors (Lipinski definition) is 2. The lowest BCUT2D eigenvalue weighted by Crippen LogP contribution is -2.14. The summed E-state index contributed by atoms with van der Waals surface area (Å²) < 4.78 is 6.25. The Balaban J connectivity index is 2.67. The minimum absolute atomic E-state index is 0.418. The van der Waals surface area contributed by atoms with E-state index in [0.717, 1.165) is 28.8 Å². The number of nitrogens with one attached hydrogen (secondary N) is 1. The first-order valence-corrected chi connectivity index (χ1v) is 6.17. The number of benzene rings is 1. The largest absolute Gasteiger partial charge is 0.497 e. The molecule has 0 saturated carbocycles. The highest BCUT2D eigenvalue weighted by molar-refractivity contribution is 9.10. The zero-order chi connectivity index (χ0) is 12.0. The van der Waals surface area contributed by atoms with Gasteiger partial charge in [0.25, 0.3) is 0 Å². The predicted octanol–water partition coefficient (Wildman–Crippen LogP) is 4.22. The predicted molar refractivity (Wildman–Crippen MR) is 73.2 cm³/mol. The van der Waals surface area contributed by atoms with Crippen LogP contribution in [0, 0.1) is 0 Å². The highest BCUT2D eigenvalue weighted by atomic mass is 79.9. The number of anilines is 1. The molecule has 1 aromatic carbocycles. The van der Waals surface area contributed by atoms with Gasteiger partial charge in [0.05, 0.1) is 12.8 Å². The van der Waals surface area contributed by atoms with E-state index in [4.69, 9.17) is 4.74 Å². The van der Waals surface area contributed by atoms with Gasteiger partial charge >= 0.3 is 0 Å². The van der Waals surface area contributed by atoms with E-state index in [1.807, 2.05) is 24.3 Å². The number of rotatable bonds is 6. The van der Waals surface area contributed by atoms with Crippen molar-refractivity contribution in [2.75, 3.05) is 12.4 Å². The van der Waals surface area contributed by atoms with Gasteiger partial charge in [-0.1, -0.05) is 6.08 Å². The number of hydrogen-bond donors (Lipinski definition) is 1. The van der Waals surface area contributed by atoms with E-state index in [9.17, 15) is 0 Å². The van der Waals surface area contributed by atoms with Crippen molar-refractivity contribution in [1.29, 1.82) is 0 Å². The van der Waals surface area contributed by atoms with Gasteiger partial charge in [-0.05, 0) is 47.8 Å².